The van der Waals surface area contributed by atoms with Crippen LogP contribution in [0.2, 0.25) is 0 Å². The first-order valence-corrected chi connectivity index (χ1v) is 6.30. The fraction of sp³-hybridized carbons (Fsp3) is 0.857. The molecule has 0 radical (unpaired) electrons. The van der Waals surface area contributed by atoms with Gasteiger partial charge in [0.05, 0.1) is 11.2 Å². The van der Waals surface area contributed by atoms with Gasteiger partial charge in [-0.2, -0.15) is 0 Å². The fourth-order valence-electron chi connectivity index (χ4n) is 1.54. The number of unbranched alkanes of at least 4 members (excludes halogenated alkanes) is 2. The van der Waals surface area contributed by atoms with Gasteiger partial charge in [0.2, 0.25) is 0 Å². The Labute approximate surface area is 100 Å². The third-order valence-electron chi connectivity index (χ3n) is 2.49. The van der Waals surface area contributed by atoms with E-state index in [1.807, 2.05) is 27.7 Å². The maximum Gasteiger partial charge on any atom is 0.0591 e. The molecule has 0 aromatic carbocycles. The van der Waals surface area contributed by atoms with E-state index in [-0.39, 0.29) is 0 Å². The summed E-state index contributed by atoms with van der Waals surface area (Å²) in [7, 11) is 0. The van der Waals surface area contributed by atoms with Gasteiger partial charge >= 0.3 is 0 Å². The van der Waals surface area contributed by atoms with E-state index in [1.54, 1.807) is 0 Å². The second-order valence-electron chi connectivity index (χ2n) is 5.88. The van der Waals surface area contributed by atoms with Gasteiger partial charge in [0.1, 0.15) is 0 Å². The molecule has 2 N–H and O–H groups in total. The molecule has 0 aliphatic rings. The molecule has 0 atom stereocenters. The number of allylic oxidation sites excluding steroid dienone is 2. The van der Waals surface area contributed by atoms with Crippen LogP contribution in [0.4, 0.5) is 0 Å². The van der Waals surface area contributed by atoms with Crippen LogP contribution in [0.15, 0.2) is 12.2 Å². The molecule has 0 saturated heterocycles. The first-order chi connectivity index (χ1) is 7.21. The molecule has 0 aliphatic carbocycles. The zero-order chi connectivity index (χ0) is 12.7. The van der Waals surface area contributed by atoms with Crippen LogP contribution in [0.25, 0.3) is 0 Å². The van der Waals surface area contributed by atoms with Crippen molar-refractivity contribution in [3.8, 4) is 0 Å². The average Bonchev–Trinajstić information content (AvgIpc) is 2.06. The minimum atomic E-state index is -0.533. The second kappa shape index (κ2) is 7.08. The average molecular weight is 228 g/mol. The number of hydrogen-bond acceptors (Lipinski definition) is 2. The van der Waals surface area contributed by atoms with Crippen LogP contribution in [-0.2, 0) is 0 Å². The van der Waals surface area contributed by atoms with Gasteiger partial charge in [-0.3, -0.25) is 0 Å². The van der Waals surface area contributed by atoms with E-state index >= 15 is 0 Å². The first kappa shape index (κ1) is 15.7. The lowest BCUT2D eigenvalue weighted by Crippen LogP contribution is -2.17. The molecule has 0 spiro atoms. The smallest absolute Gasteiger partial charge is 0.0591 e. The summed E-state index contributed by atoms with van der Waals surface area (Å²) in [6.45, 7) is 7.39. The Morgan fingerprint density at radius 1 is 0.750 bits per heavy atom. The molecular weight excluding hydrogens is 200 g/mol. The Kier molecular flexibility index (Phi) is 6.93. The highest BCUT2D eigenvalue weighted by Crippen LogP contribution is 2.14. The third kappa shape index (κ3) is 13.7. The predicted molar refractivity (Wildman–Crippen MR) is 69.4 cm³/mol. The monoisotopic (exact) mass is 228 g/mol. The van der Waals surface area contributed by atoms with Crippen molar-refractivity contribution in [2.75, 3.05) is 0 Å². The van der Waals surface area contributed by atoms with Crippen molar-refractivity contribution in [1.82, 2.24) is 0 Å². The van der Waals surface area contributed by atoms with E-state index in [0.717, 1.165) is 38.5 Å². The topological polar surface area (TPSA) is 40.5 Å². The van der Waals surface area contributed by atoms with E-state index in [1.165, 1.54) is 0 Å². The van der Waals surface area contributed by atoms with Crippen LogP contribution < -0.4 is 0 Å². The number of hydrogen-bond donors (Lipinski definition) is 2. The maximum absolute atomic E-state index is 9.50. The summed E-state index contributed by atoms with van der Waals surface area (Å²) in [5.41, 5.74) is -1.07. The van der Waals surface area contributed by atoms with Crippen molar-refractivity contribution < 1.29 is 10.2 Å². The lowest BCUT2D eigenvalue weighted by atomic mass is 10.0. The van der Waals surface area contributed by atoms with Crippen LogP contribution >= 0.6 is 0 Å². The Morgan fingerprint density at radius 3 is 1.31 bits per heavy atom. The molecule has 96 valence electrons. The van der Waals surface area contributed by atoms with Crippen LogP contribution in [0.1, 0.15) is 66.2 Å². The van der Waals surface area contributed by atoms with Crippen molar-refractivity contribution in [3.63, 3.8) is 0 Å². The van der Waals surface area contributed by atoms with Crippen LogP contribution in [0.5, 0.6) is 0 Å². The molecule has 0 heterocycles. The zero-order valence-corrected chi connectivity index (χ0v) is 11.3. The van der Waals surface area contributed by atoms with Crippen LogP contribution in [-0.4, -0.2) is 21.4 Å². The SMILES string of the molecule is CC(C)(O)CCC/C=C/CCCC(C)(C)O. The second-order valence-corrected chi connectivity index (χ2v) is 5.88. The molecule has 0 fully saturated rings. The molecule has 0 unspecified atom stereocenters. The summed E-state index contributed by atoms with van der Waals surface area (Å²) in [5, 5.41) is 19.0. The summed E-state index contributed by atoms with van der Waals surface area (Å²) in [5.74, 6) is 0. The van der Waals surface area contributed by atoms with Gasteiger partial charge in [-0.15, -0.1) is 0 Å². The molecule has 16 heavy (non-hydrogen) atoms. The third-order valence-corrected chi connectivity index (χ3v) is 2.49. The zero-order valence-electron chi connectivity index (χ0n) is 11.3. The molecule has 0 amide bonds. The lowest BCUT2D eigenvalue weighted by Gasteiger charge is -2.16. The number of aliphatic hydroxyl groups is 2. The Morgan fingerprint density at radius 2 is 1.06 bits per heavy atom. The fourth-order valence-corrected chi connectivity index (χ4v) is 1.54. The van der Waals surface area contributed by atoms with E-state index in [9.17, 15) is 10.2 Å². The quantitative estimate of drug-likeness (QED) is 0.493. The van der Waals surface area contributed by atoms with Gasteiger partial charge in [0, 0.05) is 0 Å². The van der Waals surface area contributed by atoms with Gasteiger partial charge in [0.15, 0.2) is 0 Å². The van der Waals surface area contributed by atoms with Gasteiger partial charge < -0.3 is 10.2 Å². The van der Waals surface area contributed by atoms with Gasteiger partial charge in [-0.1, -0.05) is 12.2 Å². The summed E-state index contributed by atoms with van der Waals surface area (Å²) < 4.78 is 0. The van der Waals surface area contributed by atoms with E-state index in [0.29, 0.717) is 0 Å². The normalized spacial score (nSPS) is 13.6. The largest absolute Gasteiger partial charge is 0.390 e. The molecule has 2 heteroatoms. The molecule has 0 aromatic rings. The van der Waals surface area contributed by atoms with Crippen molar-refractivity contribution in [3.05, 3.63) is 12.2 Å². The lowest BCUT2D eigenvalue weighted by molar-refractivity contribution is 0.0682. The molecular formula is C14H28O2. The van der Waals surface area contributed by atoms with E-state index in [4.69, 9.17) is 0 Å². The molecule has 0 rings (SSSR count). The Hall–Kier alpha value is -0.340. The molecule has 2 nitrogen and oxygen atoms in total. The summed E-state index contributed by atoms with van der Waals surface area (Å²) in [6.07, 6.45) is 10.2. The van der Waals surface area contributed by atoms with Crippen LogP contribution in [0.3, 0.4) is 0 Å². The van der Waals surface area contributed by atoms with E-state index < -0.39 is 11.2 Å². The van der Waals surface area contributed by atoms with Crippen LogP contribution in [0, 0.1) is 0 Å². The highest BCUT2D eigenvalue weighted by molar-refractivity contribution is 4.83. The molecule has 0 bridgehead atoms. The first-order valence-electron chi connectivity index (χ1n) is 6.30. The highest BCUT2D eigenvalue weighted by Gasteiger charge is 2.11. The van der Waals surface area contributed by atoms with Crippen molar-refractivity contribution in [2.45, 2.75) is 77.4 Å². The summed E-state index contributed by atoms with van der Waals surface area (Å²) >= 11 is 0. The molecule has 0 saturated carbocycles. The van der Waals surface area contributed by atoms with Gasteiger partial charge in [-0.25, -0.2) is 0 Å². The predicted octanol–water partition coefficient (Wildman–Crippen LogP) is 3.43. The Balaban J connectivity index is 3.36. The van der Waals surface area contributed by atoms with E-state index in [2.05, 4.69) is 12.2 Å². The van der Waals surface area contributed by atoms with Crippen molar-refractivity contribution >= 4 is 0 Å². The number of rotatable bonds is 8. The van der Waals surface area contributed by atoms with Gasteiger partial charge in [0.25, 0.3) is 0 Å². The minimum absolute atomic E-state index is 0.533. The highest BCUT2D eigenvalue weighted by atomic mass is 16.3. The molecule has 0 aliphatic heterocycles. The van der Waals surface area contributed by atoms with Crippen molar-refractivity contribution in [2.24, 2.45) is 0 Å². The minimum Gasteiger partial charge on any atom is -0.390 e. The van der Waals surface area contributed by atoms with Crippen molar-refractivity contribution in [1.29, 1.82) is 0 Å². The van der Waals surface area contributed by atoms with Gasteiger partial charge in [-0.05, 0) is 66.2 Å². The summed E-state index contributed by atoms with van der Waals surface area (Å²) in [4.78, 5) is 0. The summed E-state index contributed by atoms with van der Waals surface area (Å²) in [6, 6.07) is 0. The molecule has 0 aromatic heterocycles. The standard InChI is InChI=1S/C14H28O2/c1-13(2,15)11-9-7-5-6-8-10-12-14(3,4)16/h5-6,15-16H,7-12H2,1-4H3/b6-5+. The maximum atomic E-state index is 9.50. The Bertz CT molecular complexity index is 172.